The van der Waals surface area contributed by atoms with Crippen LogP contribution in [0.25, 0.3) is 0 Å². The number of aliphatic imine (C=N–C) groups is 1. The Hall–Kier alpha value is -1.88. The van der Waals surface area contributed by atoms with Crippen LogP contribution in [0.4, 0.5) is 0 Å². The fourth-order valence-corrected chi connectivity index (χ4v) is 2.52. The van der Waals surface area contributed by atoms with Crippen LogP contribution >= 0.6 is 24.0 Å². The van der Waals surface area contributed by atoms with Gasteiger partial charge in [-0.2, -0.15) is 0 Å². The lowest BCUT2D eigenvalue weighted by atomic mass is 10.1. The molecule has 9 heteroatoms. The molecule has 1 aromatic heterocycles. The third kappa shape index (κ3) is 8.99. The molecular formula is C20H33IN6O2. The SMILES string of the molecule is CCCOc1cccc(CCNC(=NCc2nnc(C)n2C)NCCOC)c1.I. The molecule has 2 rings (SSSR count). The Morgan fingerprint density at radius 1 is 1.17 bits per heavy atom. The molecule has 1 aromatic carbocycles. The van der Waals surface area contributed by atoms with Crippen LogP contribution in [0.5, 0.6) is 5.75 Å². The van der Waals surface area contributed by atoms with Crippen molar-refractivity contribution in [2.45, 2.75) is 33.2 Å². The van der Waals surface area contributed by atoms with Gasteiger partial charge in [0.1, 0.15) is 18.1 Å². The normalized spacial score (nSPS) is 11.1. The highest BCUT2D eigenvalue weighted by Gasteiger charge is 2.05. The zero-order valence-electron chi connectivity index (χ0n) is 17.8. The zero-order chi connectivity index (χ0) is 20.2. The average molecular weight is 516 g/mol. The number of methoxy groups -OCH3 is 1. The number of guanidine groups is 1. The smallest absolute Gasteiger partial charge is 0.191 e. The summed E-state index contributed by atoms with van der Waals surface area (Å²) >= 11 is 0. The first-order valence-corrected chi connectivity index (χ1v) is 9.71. The van der Waals surface area contributed by atoms with E-state index in [1.807, 2.05) is 30.7 Å². The van der Waals surface area contributed by atoms with E-state index >= 15 is 0 Å². The number of halogens is 1. The number of nitrogens with zero attached hydrogens (tertiary/aromatic N) is 4. The van der Waals surface area contributed by atoms with E-state index in [2.05, 4.69) is 44.9 Å². The number of ether oxygens (including phenoxy) is 2. The average Bonchev–Trinajstić information content (AvgIpc) is 3.02. The van der Waals surface area contributed by atoms with E-state index in [0.29, 0.717) is 19.7 Å². The van der Waals surface area contributed by atoms with E-state index in [9.17, 15) is 0 Å². The van der Waals surface area contributed by atoms with Crippen molar-refractivity contribution in [3.05, 3.63) is 41.5 Å². The Labute approximate surface area is 190 Å². The maximum Gasteiger partial charge on any atom is 0.191 e. The molecule has 0 bridgehead atoms. The molecule has 0 unspecified atom stereocenters. The lowest BCUT2D eigenvalue weighted by Gasteiger charge is -2.13. The largest absolute Gasteiger partial charge is 0.494 e. The van der Waals surface area contributed by atoms with Gasteiger partial charge in [-0.25, -0.2) is 4.99 Å². The van der Waals surface area contributed by atoms with E-state index in [-0.39, 0.29) is 24.0 Å². The zero-order valence-corrected chi connectivity index (χ0v) is 20.1. The second-order valence-corrected chi connectivity index (χ2v) is 6.48. The summed E-state index contributed by atoms with van der Waals surface area (Å²) in [5.41, 5.74) is 1.22. The van der Waals surface area contributed by atoms with E-state index in [1.54, 1.807) is 7.11 Å². The highest BCUT2D eigenvalue weighted by molar-refractivity contribution is 14.0. The van der Waals surface area contributed by atoms with Crippen LogP contribution in [-0.2, 0) is 24.8 Å². The number of hydrogen-bond donors (Lipinski definition) is 2. The van der Waals surface area contributed by atoms with Crippen LogP contribution in [0.2, 0.25) is 0 Å². The van der Waals surface area contributed by atoms with Gasteiger partial charge < -0.3 is 24.7 Å². The molecule has 0 amide bonds. The van der Waals surface area contributed by atoms with E-state index in [0.717, 1.165) is 49.4 Å². The molecule has 2 N–H and O–H groups in total. The van der Waals surface area contributed by atoms with Crippen LogP contribution in [0.15, 0.2) is 29.3 Å². The Balaban J connectivity index is 0.00000420. The summed E-state index contributed by atoms with van der Waals surface area (Å²) in [6.45, 7) is 7.28. The molecule has 162 valence electrons. The fraction of sp³-hybridized carbons (Fsp3) is 0.550. The van der Waals surface area contributed by atoms with Crippen molar-refractivity contribution in [3.8, 4) is 5.75 Å². The number of aromatic nitrogens is 3. The monoisotopic (exact) mass is 516 g/mol. The van der Waals surface area contributed by atoms with Gasteiger partial charge in [0.2, 0.25) is 0 Å². The van der Waals surface area contributed by atoms with Crippen LogP contribution in [-0.4, -0.2) is 54.1 Å². The van der Waals surface area contributed by atoms with E-state index < -0.39 is 0 Å². The first kappa shape index (κ1) is 25.2. The molecule has 29 heavy (non-hydrogen) atoms. The maximum absolute atomic E-state index is 5.70. The standard InChI is InChI=1S/C20H32N6O2.HI/c1-5-12-28-18-8-6-7-17(14-18)9-10-21-20(22-11-13-27-4)23-15-19-25-24-16(2)26(19)3;/h6-8,14H,5,9-13,15H2,1-4H3,(H2,21,22,23);1H. The van der Waals surface area contributed by atoms with Gasteiger partial charge in [-0.15, -0.1) is 34.2 Å². The molecule has 2 aromatic rings. The third-order valence-corrected chi connectivity index (χ3v) is 4.24. The molecule has 0 fully saturated rings. The van der Waals surface area contributed by atoms with Crippen molar-refractivity contribution in [3.63, 3.8) is 0 Å². The van der Waals surface area contributed by atoms with Crippen molar-refractivity contribution in [2.75, 3.05) is 33.4 Å². The predicted molar refractivity (Wildman–Crippen MR) is 126 cm³/mol. The van der Waals surface area contributed by atoms with Crippen LogP contribution in [0.1, 0.15) is 30.6 Å². The highest BCUT2D eigenvalue weighted by Crippen LogP contribution is 2.13. The minimum Gasteiger partial charge on any atom is -0.494 e. The summed E-state index contributed by atoms with van der Waals surface area (Å²) in [5.74, 6) is 3.35. The number of rotatable bonds is 11. The second kappa shape index (κ2) is 14.2. The molecule has 0 aliphatic rings. The molecule has 0 spiro atoms. The van der Waals surface area contributed by atoms with Crippen LogP contribution < -0.4 is 15.4 Å². The maximum atomic E-state index is 5.70. The topological polar surface area (TPSA) is 85.6 Å². The third-order valence-electron chi connectivity index (χ3n) is 4.24. The molecule has 0 saturated heterocycles. The summed E-state index contributed by atoms with van der Waals surface area (Å²) in [6.07, 6.45) is 1.88. The summed E-state index contributed by atoms with van der Waals surface area (Å²) < 4.78 is 12.8. The predicted octanol–water partition coefficient (Wildman–Crippen LogP) is 2.45. The molecule has 0 saturated carbocycles. The molecular weight excluding hydrogens is 483 g/mol. The van der Waals surface area contributed by atoms with Crippen molar-refractivity contribution in [2.24, 2.45) is 12.0 Å². The molecule has 1 heterocycles. The summed E-state index contributed by atoms with van der Waals surface area (Å²) in [6, 6.07) is 8.23. The van der Waals surface area contributed by atoms with Gasteiger partial charge in [0.15, 0.2) is 11.8 Å². The number of nitrogens with one attached hydrogen (secondary N) is 2. The first-order valence-electron chi connectivity index (χ1n) is 9.71. The van der Waals surface area contributed by atoms with Gasteiger partial charge in [0.25, 0.3) is 0 Å². The van der Waals surface area contributed by atoms with Crippen molar-refractivity contribution in [1.29, 1.82) is 0 Å². The summed E-state index contributed by atoms with van der Waals surface area (Å²) in [5, 5.41) is 14.9. The van der Waals surface area contributed by atoms with E-state index in [4.69, 9.17) is 9.47 Å². The Morgan fingerprint density at radius 2 is 1.97 bits per heavy atom. The minimum absolute atomic E-state index is 0. The minimum atomic E-state index is 0. The summed E-state index contributed by atoms with van der Waals surface area (Å²) in [4.78, 5) is 4.62. The molecule has 0 radical (unpaired) electrons. The lowest BCUT2D eigenvalue weighted by Crippen LogP contribution is -2.40. The Kier molecular flexibility index (Phi) is 12.3. The Morgan fingerprint density at radius 3 is 2.66 bits per heavy atom. The lowest BCUT2D eigenvalue weighted by molar-refractivity contribution is 0.203. The molecule has 8 nitrogen and oxygen atoms in total. The van der Waals surface area contributed by atoms with Crippen LogP contribution in [0, 0.1) is 6.92 Å². The van der Waals surface area contributed by atoms with Gasteiger partial charge in [-0.1, -0.05) is 19.1 Å². The summed E-state index contributed by atoms with van der Waals surface area (Å²) in [7, 11) is 3.63. The molecule has 0 aliphatic carbocycles. The van der Waals surface area contributed by atoms with E-state index in [1.165, 1.54) is 5.56 Å². The number of aryl methyl sites for hydroxylation is 1. The molecule has 0 atom stereocenters. The van der Waals surface area contributed by atoms with Crippen molar-refractivity contribution in [1.82, 2.24) is 25.4 Å². The van der Waals surface area contributed by atoms with Crippen molar-refractivity contribution >= 4 is 29.9 Å². The van der Waals surface area contributed by atoms with Gasteiger partial charge in [0, 0.05) is 27.2 Å². The first-order chi connectivity index (χ1) is 13.6. The highest BCUT2D eigenvalue weighted by atomic mass is 127. The molecule has 0 aliphatic heterocycles. The fourth-order valence-electron chi connectivity index (χ4n) is 2.52. The van der Waals surface area contributed by atoms with Gasteiger partial charge in [-0.05, 0) is 37.5 Å². The van der Waals surface area contributed by atoms with Crippen molar-refractivity contribution < 1.29 is 9.47 Å². The van der Waals surface area contributed by atoms with Gasteiger partial charge in [-0.3, -0.25) is 0 Å². The number of hydrogen-bond acceptors (Lipinski definition) is 5. The second-order valence-electron chi connectivity index (χ2n) is 6.48. The van der Waals surface area contributed by atoms with Gasteiger partial charge >= 0.3 is 0 Å². The quantitative estimate of drug-likeness (QED) is 0.207. The van der Waals surface area contributed by atoms with Crippen LogP contribution in [0.3, 0.4) is 0 Å². The number of benzene rings is 1. The Bertz CT molecular complexity index is 750. The van der Waals surface area contributed by atoms with Gasteiger partial charge in [0.05, 0.1) is 13.2 Å².